The molecule has 0 saturated heterocycles. The Morgan fingerprint density at radius 1 is 1.38 bits per heavy atom. The molecule has 7 heteroatoms. The van der Waals surface area contributed by atoms with Gasteiger partial charge in [-0.25, -0.2) is 0 Å². The predicted octanol–water partition coefficient (Wildman–Crippen LogP) is 1.36. The largest absolute Gasteiger partial charge is 0.335 e. The SMILES string of the molecule is C=CCN(CC=C)C(=O)CSc1nnc(CN)n1C1CC1. The van der Waals surface area contributed by atoms with E-state index in [1.54, 1.807) is 17.1 Å². The molecule has 1 heterocycles. The maximum Gasteiger partial charge on any atom is 0.233 e. The van der Waals surface area contributed by atoms with Gasteiger partial charge in [0.15, 0.2) is 5.16 Å². The zero-order valence-corrected chi connectivity index (χ0v) is 12.9. The van der Waals surface area contributed by atoms with Crippen molar-refractivity contribution in [2.45, 2.75) is 30.6 Å². The van der Waals surface area contributed by atoms with Gasteiger partial charge in [0.25, 0.3) is 0 Å². The van der Waals surface area contributed by atoms with E-state index in [1.807, 2.05) is 0 Å². The van der Waals surface area contributed by atoms with Gasteiger partial charge in [-0.1, -0.05) is 23.9 Å². The summed E-state index contributed by atoms with van der Waals surface area (Å²) in [4.78, 5) is 13.9. The number of carbonyl (C=O) groups excluding carboxylic acids is 1. The normalized spacial score (nSPS) is 14.0. The molecule has 1 amide bonds. The summed E-state index contributed by atoms with van der Waals surface area (Å²) >= 11 is 1.41. The van der Waals surface area contributed by atoms with Crippen LogP contribution in [0.1, 0.15) is 24.7 Å². The lowest BCUT2D eigenvalue weighted by molar-refractivity contribution is -0.127. The van der Waals surface area contributed by atoms with Crippen molar-refractivity contribution in [1.82, 2.24) is 19.7 Å². The second kappa shape index (κ2) is 7.42. The van der Waals surface area contributed by atoms with Crippen LogP contribution >= 0.6 is 11.8 Å². The second-order valence-electron chi connectivity index (χ2n) is 4.87. The first-order valence-corrected chi connectivity index (χ1v) is 7.96. The molecule has 21 heavy (non-hydrogen) atoms. The molecule has 0 unspecified atom stereocenters. The molecular weight excluding hydrogens is 286 g/mol. The minimum atomic E-state index is 0.0412. The van der Waals surface area contributed by atoms with Gasteiger partial charge in [0.05, 0.1) is 12.3 Å². The summed E-state index contributed by atoms with van der Waals surface area (Å²) in [6.45, 7) is 8.75. The first-order chi connectivity index (χ1) is 10.2. The van der Waals surface area contributed by atoms with Crippen LogP contribution in [0.5, 0.6) is 0 Å². The number of nitrogens with two attached hydrogens (primary N) is 1. The van der Waals surface area contributed by atoms with Gasteiger partial charge in [-0.2, -0.15) is 0 Å². The lowest BCUT2D eigenvalue weighted by Crippen LogP contribution is -2.32. The van der Waals surface area contributed by atoms with E-state index in [1.165, 1.54) is 11.8 Å². The fraction of sp³-hybridized carbons (Fsp3) is 0.500. The van der Waals surface area contributed by atoms with Crippen molar-refractivity contribution in [3.05, 3.63) is 31.1 Å². The lowest BCUT2D eigenvalue weighted by Gasteiger charge is -2.18. The molecule has 0 atom stereocenters. The van der Waals surface area contributed by atoms with Crippen LogP contribution in [0.25, 0.3) is 0 Å². The third kappa shape index (κ3) is 3.95. The zero-order valence-electron chi connectivity index (χ0n) is 12.1. The zero-order chi connectivity index (χ0) is 15.2. The van der Waals surface area contributed by atoms with Gasteiger partial charge in [-0.05, 0) is 12.8 Å². The average molecular weight is 307 g/mol. The minimum Gasteiger partial charge on any atom is -0.335 e. The molecule has 0 aromatic carbocycles. The highest BCUT2D eigenvalue weighted by atomic mass is 32.2. The number of carbonyl (C=O) groups is 1. The lowest BCUT2D eigenvalue weighted by atomic mass is 10.4. The van der Waals surface area contributed by atoms with E-state index in [9.17, 15) is 4.79 Å². The molecule has 2 N–H and O–H groups in total. The Labute approximate surface area is 129 Å². The summed E-state index contributed by atoms with van der Waals surface area (Å²) in [5, 5.41) is 9.04. The van der Waals surface area contributed by atoms with Crippen LogP contribution in [0.2, 0.25) is 0 Å². The van der Waals surface area contributed by atoms with Gasteiger partial charge in [0.2, 0.25) is 5.91 Å². The first kappa shape index (κ1) is 15.8. The number of amides is 1. The van der Waals surface area contributed by atoms with Crippen LogP contribution < -0.4 is 5.73 Å². The molecule has 0 bridgehead atoms. The van der Waals surface area contributed by atoms with E-state index in [-0.39, 0.29) is 5.91 Å². The Morgan fingerprint density at radius 2 is 2.05 bits per heavy atom. The average Bonchev–Trinajstić information content (AvgIpc) is 3.24. The van der Waals surface area contributed by atoms with Crippen LogP contribution in [-0.2, 0) is 11.3 Å². The van der Waals surface area contributed by atoms with Crippen LogP contribution in [0, 0.1) is 0 Å². The maximum absolute atomic E-state index is 12.2. The molecule has 2 rings (SSSR count). The number of hydrogen-bond acceptors (Lipinski definition) is 5. The minimum absolute atomic E-state index is 0.0412. The van der Waals surface area contributed by atoms with Gasteiger partial charge in [0, 0.05) is 19.1 Å². The van der Waals surface area contributed by atoms with Crippen molar-refractivity contribution in [1.29, 1.82) is 0 Å². The standard InChI is InChI=1S/C14H21N5OS/c1-3-7-18(8-4-2)13(20)10-21-14-17-16-12(9-15)19(14)11-5-6-11/h3-4,11H,1-2,5-10,15H2. The third-order valence-corrected chi connectivity index (χ3v) is 4.13. The van der Waals surface area contributed by atoms with Crippen LogP contribution in [0.4, 0.5) is 0 Å². The van der Waals surface area contributed by atoms with E-state index in [0.717, 1.165) is 23.8 Å². The van der Waals surface area contributed by atoms with Crippen molar-refractivity contribution in [3.63, 3.8) is 0 Å². The first-order valence-electron chi connectivity index (χ1n) is 6.97. The number of hydrogen-bond donors (Lipinski definition) is 1. The van der Waals surface area contributed by atoms with Crippen molar-refractivity contribution >= 4 is 17.7 Å². The Kier molecular flexibility index (Phi) is 5.58. The highest BCUT2D eigenvalue weighted by Crippen LogP contribution is 2.38. The second-order valence-corrected chi connectivity index (χ2v) is 5.81. The molecule has 1 fully saturated rings. The predicted molar refractivity (Wildman–Crippen MR) is 83.9 cm³/mol. The summed E-state index contributed by atoms with van der Waals surface area (Å²) in [5.74, 6) is 1.16. The highest BCUT2D eigenvalue weighted by molar-refractivity contribution is 7.99. The van der Waals surface area contributed by atoms with E-state index in [4.69, 9.17) is 5.73 Å². The van der Waals surface area contributed by atoms with Gasteiger partial charge in [-0.3, -0.25) is 4.79 Å². The third-order valence-electron chi connectivity index (χ3n) is 3.21. The molecule has 1 saturated carbocycles. The molecule has 114 valence electrons. The summed E-state index contributed by atoms with van der Waals surface area (Å²) in [5.41, 5.74) is 5.68. The van der Waals surface area contributed by atoms with Crippen LogP contribution in [-0.4, -0.2) is 44.4 Å². The number of nitrogens with zero attached hydrogens (tertiary/aromatic N) is 4. The summed E-state index contributed by atoms with van der Waals surface area (Å²) < 4.78 is 2.07. The Bertz CT molecular complexity index is 513. The Hall–Kier alpha value is -1.60. The van der Waals surface area contributed by atoms with Crippen molar-refractivity contribution in [2.75, 3.05) is 18.8 Å². The van der Waals surface area contributed by atoms with Crippen LogP contribution in [0.3, 0.4) is 0 Å². The smallest absolute Gasteiger partial charge is 0.233 e. The van der Waals surface area contributed by atoms with Crippen molar-refractivity contribution in [2.24, 2.45) is 5.73 Å². The van der Waals surface area contributed by atoms with Crippen LogP contribution in [0.15, 0.2) is 30.5 Å². The molecule has 6 nitrogen and oxygen atoms in total. The summed E-state index contributed by atoms with van der Waals surface area (Å²) in [7, 11) is 0. The molecule has 0 aliphatic heterocycles. The summed E-state index contributed by atoms with van der Waals surface area (Å²) in [6.07, 6.45) is 5.69. The fourth-order valence-electron chi connectivity index (χ4n) is 2.05. The monoisotopic (exact) mass is 307 g/mol. The van der Waals surface area contributed by atoms with Crippen molar-refractivity contribution in [3.8, 4) is 0 Å². The molecule has 1 aromatic heterocycles. The quantitative estimate of drug-likeness (QED) is 0.551. The number of rotatable bonds is 9. The van der Waals surface area contributed by atoms with Gasteiger partial charge in [-0.15, -0.1) is 23.4 Å². The number of thioether (sulfide) groups is 1. The molecule has 0 radical (unpaired) electrons. The molecule has 1 aliphatic carbocycles. The number of aromatic nitrogens is 3. The van der Waals surface area contributed by atoms with Gasteiger partial charge in [0.1, 0.15) is 5.82 Å². The van der Waals surface area contributed by atoms with E-state index in [0.29, 0.717) is 31.4 Å². The molecule has 1 aliphatic rings. The summed E-state index contributed by atoms with van der Waals surface area (Å²) in [6, 6.07) is 0.452. The maximum atomic E-state index is 12.2. The highest BCUT2D eigenvalue weighted by Gasteiger charge is 2.29. The molecular formula is C14H21N5OS. The molecule has 0 spiro atoms. The Balaban J connectivity index is 1.98. The Morgan fingerprint density at radius 3 is 2.57 bits per heavy atom. The van der Waals surface area contributed by atoms with Gasteiger partial charge < -0.3 is 15.2 Å². The fourth-order valence-corrected chi connectivity index (χ4v) is 2.98. The van der Waals surface area contributed by atoms with E-state index < -0.39 is 0 Å². The topological polar surface area (TPSA) is 77.0 Å². The van der Waals surface area contributed by atoms with E-state index in [2.05, 4.69) is 27.9 Å². The van der Waals surface area contributed by atoms with Crippen molar-refractivity contribution < 1.29 is 4.79 Å². The molecule has 1 aromatic rings. The van der Waals surface area contributed by atoms with E-state index >= 15 is 0 Å². The van der Waals surface area contributed by atoms with Gasteiger partial charge >= 0.3 is 0 Å².